The lowest BCUT2D eigenvalue weighted by Crippen LogP contribution is -2.55. The molecule has 39 heavy (non-hydrogen) atoms. The number of nitrogens with two attached hydrogens (primary N) is 1. The Bertz CT molecular complexity index is 1180. The van der Waals surface area contributed by atoms with Crippen LogP contribution in [0.4, 0.5) is 10.5 Å². The minimum atomic E-state index is -1.40. The van der Waals surface area contributed by atoms with Crippen molar-refractivity contribution < 1.29 is 29.0 Å². The molecule has 0 fully saturated rings. The highest BCUT2D eigenvalue weighted by Crippen LogP contribution is 2.31. The molecule has 0 aliphatic heterocycles. The molecule has 3 unspecified atom stereocenters. The van der Waals surface area contributed by atoms with E-state index in [9.17, 15) is 24.3 Å². The summed E-state index contributed by atoms with van der Waals surface area (Å²) >= 11 is 6.35. The number of ether oxygens (including phenoxy) is 1. The van der Waals surface area contributed by atoms with Gasteiger partial charge in [-0.15, -0.1) is 0 Å². The topological polar surface area (TPSA) is 151 Å². The van der Waals surface area contributed by atoms with E-state index in [4.69, 9.17) is 22.1 Å². The molecule has 0 aliphatic rings. The number of phenols is 1. The Labute approximate surface area is 233 Å². The molecule has 5 N–H and O–H groups in total. The zero-order chi connectivity index (χ0) is 29.5. The minimum Gasteiger partial charge on any atom is -0.508 e. The molecule has 0 saturated carbocycles. The molecule has 0 saturated heterocycles. The fraction of sp³-hybridized carbons (Fsp3) is 0.429. The van der Waals surface area contributed by atoms with Crippen molar-refractivity contribution in [2.45, 2.75) is 78.1 Å². The molecule has 0 aromatic heterocycles. The predicted octanol–water partition coefficient (Wildman–Crippen LogP) is 4.43. The summed E-state index contributed by atoms with van der Waals surface area (Å²) in [4.78, 5) is 53.7. The number of benzene rings is 2. The van der Waals surface area contributed by atoms with Crippen molar-refractivity contribution >= 4 is 41.1 Å². The third-order valence-corrected chi connectivity index (χ3v) is 6.23. The smallest absolute Gasteiger partial charge is 0.408 e. The van der Waals surface area contributed by atoms with Gasteiger partial charge < -0.3 is 31.1 Å². The van der Waals surface area contributed by atoms with Crippen LogP contribution in [0, 0.1) is 6.92 Å². The van der Waals surface area contributed by atoms with Gasteiger partial charge in [0.1, 0.15) is 23.4 Å². The standard InChI is InChI=1S/C28H37ClN4O6/c1-7-17(3)33(26(37)21(15-22(30)35)31-27(38)39-28(4,5)6)24(18-11-13-19(34)14-12-18)25(36)32-23-16(2)9-8-10-20(23)29/h8-14,17,21,24,34H,7,15H2,1-6H3,(H2,30,35)(H,31,38)(H,32,36). The molecule has 3 atom stereocenters. The monoisotopic (exact) mass is 560 g/mol. The first-order valence-corrected chi connectivity index (χ1v) is 13.0. The summed E-state index contributed by atoms with van der Waals surface area (Å²) in [6.07, 6.45) is -0.990. The van der Waals surface area contributed by atoms with Crippen molar-refractivity contribution in [3.05, 3.63) is 58.6 Å². The van der Waals surface area contributed by atoms with Crippen LogP contribution >= 0.6 is 11.6 Å². The number of carbonyl (C=O) groups excluding carboxylic acids is 4. The summed E-state index contributed by atoms with van der Waals surface area (Å²) in [5.41, 5.74) is 6.04. The van der Waals surface area contributed by atoms with Gasteiger partial charge in [0, 0.05) is 6.04 Å². The second-order valence-corrected chi connectivity index (χ2v) is 10.7. The Morgan fingerprint density at radius 2 is 1.72 bits per heavy atom. The lowest BCUT2D eigenvalue weighted by molar-refractivity contribution is -0.144. The van der Waals surface area contributed by atoms with Crippen molar-refractivity contribution in [3.8, 4) is 5.75 Å². The van der Waals surface area contributed by atoms with E-state index in [1.807, 2.05) is 6.92 Å². The number of aryl methyl sites for hydroxylation is 1. The number of aromatic hydroxyl groups is 1. The van der Waals surface area contributed by atoms with Crippen LogP contribution in [-0.2, 0) is 19.1 Å². The normalized spacial score (nSPS) is 13.5. The third-order valence-electron chi connectivity index (χ3n) is 5.92. The predicted molar refractivity (Wildman–Crippen MR) is 149 cm³/mol. The molecule has 0 aliphatic carbocycles. The van der Waals surface area contributed by atoms with E-state index in [1.165, 1.54) is 29.2 Å². The van der Waals surface area contributed by atoms with Crippen molar-refractivity contribution in [2.24, 2.45) is 5.73 Å². The van der Waals surface area contributed by atoms with Crippen molar-refractivity contribution in [3.63, 3.8) is 0 Å². The van der Waals surface area contributed by atoms with Crippen LogP contribution in [0.15, 0.2) is 42.5 Å². The van der Waals surface area contributed by atoms with Crippen molar-refractivity contribution in [2.75, 3.05) is 5.32 Å². The molecule has 4 amide bonds. The Hall–Kier alpha value is -3.79. The first-order chi connectivity index (χ1) is 18.1. The Morgan fingerprint density at radius 1 is 1.10 bits per heavy atom. The SMILES string of the molecule is CCC(C)N(C(=O)C(CC(N)=O)NC(=O)OC(C)(C)C)C(C(=O)Nc1c(C)cccc1Cl)c1ccc(O)cc1. The van der Waals surface area contributed by atoms with Gasteiger partial charge in [-0.1, -0.05) is 42.8 Å². The summed E-state index contributed by atoms with van der Waals surface area (Å²) in [5.74, 6) is -2.15. The molecule has 0 spiro atoms. The highest BCUT2D eigenvalue weighted by Gasteiger charge is 2.39. The molecular formula is C28H37ClN4O6. The molecule has 2 aromatic carbocycles. The lowest BCUT2D eigenvalue weighted by atomic mass is 9.99. The first kappa shape index (κ1) is 31.4. The minimum absolute atomic E-state index is 0.0283. The average Bonchev–Trinajstić information content (AvgIpc) is 2.82. The van der Waals surface area contributed by atoms with Crippen LogP contribution < -0.4 is 16.4 Å². The van der Waals surface area contributed by atoms with Crippen molar-refractivity contribution in [1.29, 1.82) is 0 Å². The number of alkyl carbamates (subject to hydrolysis) is 1. The number of halogens is 1. The molecule has 212 valence electrons. The molecule has 11 heteroatoms. The zero-order valence-corrected chi connectivity index (χ0v) is 23.8. The van der Waals surface area contributed by atoms with Gasteiger partial charge in [-0.25, -0.2) is 4.79 Å². The van der Waals surface area contributed by atoms with Gasteiger partial charge in [0.25, 0.3) is 5.91 Å². The second kappa shape index (κ2) is 13.3. The molecule has 10 nitrogen and oxygen atoms in total. The van der Waals surface area contributed by atoms with Gasteiger partial charge in [-0.05, 0) is 70.4 Å². The number of para-hydroxylation sites is 1. The van der Waals surface area contributed by atoms with Gasteiger partial charge in [0.2, 0.25) is 11.8 Å². The van der Waals surface area contributed by atoms with Crippen LogP contribution in [0.3, 0.4) is 0 Å². The first-order valence-electron chi connectivity index (χ1n) is 12.6. The highest BCUT2D eigenvalue weighted by atomic mass is 35.5. The number of anilines is 1. The number of rotatable bonds is 10. The van der Waals surface area contributed by atoms with E-state index in [0.717, 1.165) is 0 Å². The molecule has 0 heterocycles. The Kier molecular flexibility index (Phi) is 10.7. The number of carbonyl (C=O) groups is 4. The van der Waals surface area contributed by atoms with Gasteiger partial charge in [-0.2, -0.15) is 0 Å². The number of amides is 4. The van der Waals surface area contributed by atoms with E-state index in [0.29, 0.717) is 28.3 Å². The third kappa shape index (κ3) is 8.88. The van der Waals surface area contributed by atoms with Crippen LogP contribution in [0.1, 0.15) is 64.6 Å². The molecule has 0 bridgehead atoms. The Morgan fingerprint density at radius 3 is 2.23 bits per heavy atom. The summed E-state index contributed by atoms with van der Waals surface area (Å²) in [6, 6.07) is 7.85. The molecule has 2 rings (SSSR count). The molecular weight excluding hydrogens is 524 g/mol. The summed E-state index contributed by atoms with van der Waals surface area (Å²) in [6.45, 7) is 10.3. The van der Waals surface area contributed by atoms with Crippen LogP contribution in [0.2, 0.25) is 5.02 Å². The fourth-order valence-corrected chi connectivity index (χ4v) is 4.17. The lowest BCUT2D eigenvalue weighted by Gasteiger charge is -2.38. The van der Waals surface area contributed by atoms with E-state index < -0.39 is 54.0 Å². The summed E-state index contributed by atoms with van der Waals surface area (Å²) < 4.78 is 5.28. The zero-order valence-electron chi connectivity index (χ0n) is 23.1. The number of nitrogens with one attached hydrogen (secondary N) is 2. The summed E-state index contributed by atoms with van der Waals surface area (Å²) in [5, 5.41) is 15.4. The van der Waals surface area contributed by atoms with Crippen LogP contribution in [0.5, 0.6) is 5.75 Å². The van der Waals surface area contributed by atoms with Gasteiger partial charge in [-0.3, -0.25) is 14.4 Å². The van der Waals surface area contributed by atoms with E-state index in [1.54, 1.807) is 52.8 Å². The van der Waals surface area contributed by atoms with Crippen LogP contribution in [-0.4, -0.2) is 51.5 Å². The molecule has 2 aromatic rings. The maximum atomic E-state index is 14.0. The number of primary amides is 1. The van der Waals surface area contributed by atoms with Crippen molar-refractivity contribution in [1.82, 2.24) is 10.2 Å². The summed E-state index contributed by atoms with van der Waals surface area (Å²) in [7, 11) is 0. The fourth-order valence-electron chi connectivity index (χ4n) is 3.90. The number of nitrogens with zero attached hydrogens (tertiary/aromatic N) is 1. The Balaban J connectivity index is 2.60. The number of hydrogen-bond donors (Lipinski definition) is 4. The van der Waals surface area contributed by atoms with Gasteiger partial charge >= 0.3 is 6.09 Å². The number of hydrogen-bond acceptors (Lipinski definition) is 6. The quantitative estimate of drug-likeness (QED) is 0.337. The van der Waals surface area contributed by atoms with Gasteiger partial charge in [0.15, 0.2) is 0 Å². The number of phenolic OH excluding ortho intramolecular Hbond substituents is 1. The second-order valence-electron chi connectivity index (χ2n) is 10.3. The van der Waals surface area contributed by atoms with E-state index in [-0.39, 0.29) is 5.75 Å². The van der Waals surface area contributed by atoms with Crippen LogP contribution in [0.25, 0.3) is 0 Å². The van der Waals surface area contributed by atoms with E-state index >= 15 is 0 Å². The largest absolute Gasteiger partial charge is 0.508 e. The maximum absolute atomic E-state index is 14.0. The highest BCUT2D eigenvalue weighted by molar-refractivity contribution is 6.34. The maximum Gasteiger partial charge on any atom is 0.408 e. The van der Waals surface area contributed by atoms with Gasteiger partial charge in [0.05, 0.1) is 17.1 Å². The van der Waals surface area contributed by atoms with E-state index in [2.05, 4.69) is 10.6 Å². The molecule has 0 radical (unpaired) electrons. The average molecular weight is 561 g/mol.